The maximum Gasteiger partial charge on any atom is 0.258 e. The molecule has 0 spiro atoms. The molecule has 1 atom stereocenters. The highest BCUT2D eigenvalue weighted by Gasteiger charge is 2.16. The maximum absolute atomic E-state index is 11.9. The summed E-state index contributed by atoms with van der Waals surface area (Å²) >= 11 is 0. The van der Waals surface area contributed by atoms with E-state index in [0.717, 1.165) is 11.3 Å². The Hall–Kier alpha value is -1.55. The summed E-state index contributed by atoms with van der Waals surface area (Å²) in [7, 11) is 0. The molecule has 0 heterocycles. The lowest BCUT2D eigenvalue weighted by Crippen LogP contribution is -2.41. The smallest absolute Gasteiger partial charge is 0.258 e. The summed E-state index contributed by atoms with van der Waals surface area (Å²) in [5, 5.41) is 11.9. The molecule has 0 aliphatic heterocycles. The number of aryl methyl sites for hydroxylation is 2. The van der Waals surface area contributed by atoms with Crippen LogP contribution < -0.4 is 10.1 Å². The Morgan fingerprint density at radius 1 is 1.35 bits per heavy atom. The molecule has 112 valence electrons. The van der Waals surface area contributed by atoms with Crippen molar-refractivity contribution in [2.45, 2.75) is 40.2 Å². The Labute approximate surface area is 121 Å². The number of hydrogen-bond acceptors (Lipinski definition) is 3. The minimum atomic E-state index is -0.155. The zero-order valence-electron chi connectivity index (χ0n) is 12.8. The van der Waals surface area contributed by atoms with Gasteiger partial charge in [0.1, 0.15) is 5.75 Å². The van der Waals surface area contributed by atoms with Crippen LogP contribution in [0.15, 0.2) is 18.2 Å². The Bertz CT molecular complexity index is 443. The summed E-state index contributed by atoms with van der Waals surface area (Å²) in [5.74, 6) is 0.860. The molecule has 0 aliphatic carbocycles. The number of amides is 1. The summed E-state index contributed by atoms with van der Waals surface area (Å²) in [6.07, 6.45) is 0.562. The Kier molecular flexibility index (Phi) is 6.52. The lowest BCUT2D eigenvalue weighted by molar-refractivity contribution is -0.124. The zero-order chi connectivity index (χ0) is 15.1. The topological polar surface area (TPSA) is 58.6 Å². The van der Waals surface area contributed by atoms with Crippen molar-refractivity contribution < 1.29 is 14.6 Å². The van der Waals surface area contributed by atoms with Gasteiger partial charge in [0.15, 0.2) is 6.61 Å². The van der Waals surface area contributed by atoms with Crippen molar-refractivity contribution in [1.29, 1.82) is 0 Å². The molecule has 2 N–H and O–H groups in total. The van der Waals surface area contributed by atoms with Gasteiger partial charge in [-0.05, 0) is 37.8 Å². The number of ether oxygens (including phenoxy) is 1. The van der Waals surface area contributed by atoms with Crippen LogP contribution in [0.1, 0.15) is 31.4 Å². The molecule has 1 rings (SSSR count). The van der Waals surface area contributed by atoms with E-state index in [1.807, 2.05) is 45.9 Å². The zero-order valence-corrected chi connectivity index (χ0v) is 12.8. The number of carbonyl (C=O) groups excluding carboxylic acids is 1. The van der Waals surface area contributed by atoms with Crippen LogP contribution in [-0.2, 0) is 4.79 Å². The van der Waals surface area contributed by atoms with E-state index >= 15 is 0 Å². The van der Waals surface area contributed by atoms with Gasteiger partial charge in [-0.25, -0.2) is 0 Å². The average Bonchev–Trinajstić information content (AvgIpc) is 2.37. The average molecular weight is 279 g/mol. The van der Waals surface area contributed by atoms with Gasteiger partial charge in [-0.3, -0.25) is 4.79 Å². The molecule has 0 radical (unpaired) electrons. The van der Waals surface area contributed by atoms with Crippen LogP contribution >= 0.6 is 0 Å². The number of nitrogens with one attached hydrogen (secondary N) is 1. The fourth-order valence-electron chi connectivity index (χ4n) is 2.06. The maximum atomic E-state index is 11.9. The molecule has 4 nitrogen and oxygen atoms in total. The van der Waals surface area contributed by atoms with Crippen molar-refractivity contribution in [2.75, 3.05) is 13.2 Å². The van der Waals surface area contributed by atoms with E-state index in [-0.39, 0.29) is 31.1 Å². The largest absolute Gasteiger partial charge is 0.484 e. The molecule has 0 saturated heterocycles. The first kappa shape index (κ1) is 16.5. The Balaban J connectivity index is 2.50. The van der Waals surface area contributed by atoms with Crippen molar-refractivity contribution >= 4 is 5.91 Å². The van der Waals surface area contributed by atoms with Crippen LogP contribution in [0.4, 0.5) is 0 Å². The first-order valence-corrected chi connectivity index (χ1v) is 7.04. The normalized spacial score (nSPS) is 12.3. The highest BCUT2D eigenvalue weighted by Crippen LogP contribution is 2.18. The van der Waals surface area contributed by atoms with E-state index in [1.54, 1.807) is 0 Å². The molecule has 1 amide bonds. The molecule has 0 bridgehead atoms. The van der Waals surface area contributed by atoms with Crippen molar-refractivity contribution in [1.82, 2.24) is 5.32 Å². The van der Waals surface area contributed by atoms with E-state index in [9.17, 15) is 4.79 Å². The molecule has 20 heavy (non-hydrogen) atoms. The van der Waals surface area contributed by atoms with Gasteiger partial charge in [-0.1, -0.05) is 31.5 Å². The number of rotatable bonds is 7. The van der Waals surface area contributed by atoms with Crippen LogP contribution in [0.3, 0.4) is 0 Å². The van der Waals surface area contributed by atoms with Crippen LogP contribution in [0.25, 0.3) is 0 Å². The van der Waals surface area contributed by atoms with Gasteiger partial charge in [-0.2, -0.15) is 0 Å². The number of aliphatic hydroxyl groups excluding tert-OH is 1. The second kappa shape index (κ2) is 7.90. The Morgan fingerprint density at radius 2 is 2.05 bits per heavy atom. The lowest BCUT2D eigenvalue weighted by Gasteiger charge is -2.21. The van der Waals surface area contributed by atoms with Crippen molar-refractivity contribution in [3.63, 3.8) is 0 Å². The number of aliphatic hydroxyl groups is 1. The van der Waals surface area contributed by atoms with Crippen molar-refractivity contribution in [3.8, 4) is 5.75 Å². The molecule has 0 saturated carbocycles. The fourth-order valence-corrected chi connectivity index (χ4v) is 2.06. The van der Waals surface area contributed by atoms with Gasteiger partial charge in [0.2, 0.25) is 0 Å². The summed E-state index contributed by atoms with van der Waals surface area (Å²) < 4.78 is 5.54. The first-order valence-electron chi connectivity index (χ1n) is 7.04. The summed E-state index contributed by atoms with van der Waals surface area (Å²) in [5.41, 5.74) is 2.19. The third-order valence-corrected chi connectivity index (χ3v) is 3.28. The third kappa shape index (κ3) is 5.21. The summed E-state index contributed by atoms with van der Waals surface area (Å²) in [6, 6.07) is 5.85. The van der Waals surface area contributed by atoms with E-state index in [2.05, 4.69) is 5.32 Å². The van der Waals surface area contributed by atoms with Gasteiger partial charge in [0, 0.05) is 12.6 Å². The van der Waals surface area contributed by atoms with Crippen molar-refractivity contribution in [3.05, 3.63) is 29.3 Å². The predicted octanol–water partition coefficient (Wildman–Crippen LogP) is 2.21. The summed E-state index contributed by atoms with van der Waals surface area (Å²) in [4.78, 5) is 11.9. The molecule has 0 aromatic heterocycles. The van der Waals surface area contributed by atoms with Crippen LogP contribution in [0, 0.1) is 19.8 Å². The molecule has 0 fully saturated rings. The second-order valence-corrected chi connectivity index (χ2v) is 5.49. The number of carbonyl (C=O) groups is 1. The van der Waals surface area contributed by atoms with Gasteiger partial charge >= 0.3 is 0 Å². The van der Waals surface area contributed by atoms with Crippen LogP contribution in [-0.4, -0.2) is 30.3 Å². The quantitative estimate of drug-likeness (QED) is 0.804. The molecule has 0 aliphatic rings. The van der Waals surface area contributed by atoms with Gasteiger partial charge in [-0.15, -0.1) is 0 Å². The SMILES string of the molecule is Cc1ccc(OCC(=O)NC(CCO)C(C)C)c(C)c1. The second-order valence-electron chi connectivity index (χ2n) is 5.49. The Morgan fingerprint density at radius 3 is 2.60 bits per heavy atom. The molecule has 4 heteroatoms. The van der Waals surface area contributed by atoms with E-state index in [1.165, 1.54) is 5.56 Å². The molecule has 1 aromatic carbocycles. The van der Waals surface area contributed by atoms with E-state index in [0.29, 0.717) is 6.42 Å². The highest BCUT2D eigenvalue weighted by molar-refractivity contribution is 5.77. The van der Waals surface area contributed by atoms with Gasteiger partial charge in [0.05, 0.1) is 0 Å². The molecular weight excluding hydrogens is 254 g/mol. The molecule has 1 unspecified atom stereocenters. The van der Waals surface area contributed by atoms with E-state index in [4.69, 9.17) is 9.84 Å². The van der Waals surface area contributed by atoms with Crippen LogP contribution in [0.2, 0.25) is 0 Å². The van der Waals surface area contributed by atoms with Gasteiger partial charge in [0.25, 0.3) is 5.91 Å². The standard InChI is InChI=1S/C16H25NO3/c1-11(2)14(7-8-18)17-16(19)10-20-15-6-5-12(3)9-13(15)4/h5-6,9,11,14,18H,7-8,10H2,1-4H3,(H,17,19). The molecule has 1 aromatic rings. The minimum absolute atomic E-state index is 0.00144. The fraction of sp³-hybridized carbons (Fsp3) is 0.562. The highest BCUT2D eigenvalue weighted by atomic mass is 16.5. The molecular formula is C16H25NO3. The van der Waals surface area contributed by atoms with E-state index < -0.39 is 0 Å². The monoisotopic (exact) mass is 279 g/mol. The van der Waals surface area contributed by atoms with Crippen molar-refractivity contribution in [2.24, 2.45) is 5.92 Å². The first-order chi connectivity index (χ1) is 9.43. The third-order valence-electron chi connectivity index (χ3n) is 3.28. The van der Waals surface area contributed by atoms with Gasteiger partial charge < -0.3 is 15.2 Å². The number of hydrogen-bond donors (Lipinski definition) is 2. The minimum Gasteiger partial charge on any atom is -0.484 e. The number of benzene rings is 1. The van der Waals surface area contributed by atoms with Crippen LogP contribution in [0.5, 0.6) is 5.75 Å². The summed E-state index contributed by atoms with van der Waals surface area (Å²) in [6.45, 7) is 8.09. The lowest BCUT2D eigenvalue weighted by atomic mass is 10.0. The predicted molar refractivity (Wildman–Crippen MR) is 79.9 cm³/mol.